The minimum Gasteiger partial charge on any atom is -0.348 e. The highest BCUT2D eigenvalue weighted by Crippen LogP contribution is 2.21. The number of benzene rings is 2. The Morgan fingerprint density at radius 2 is 1.92 bits per heavy atom. The van der Waals surface area contributed by atoms with Crippen molar-refractivity contribution < 1.29 is 4.79 Å². The second-order valence-electron chi connectivity index (χ2n) is 6.60. The first-order valence-corrected chi connectivity index (χ1v) is 8.74. The predicted molar refractivity (Wildman–Crippen MR) is 98.5 cm³/mol. The molecule has 24 heavy (non-hydrogen) atoms. The largest absolute Gasteiger partial charge is 0.348 e. The lowest BCUT2D eigenvalue weighted by atomic mass is 10.1. The fraction of sp³-hybridized carbons (Fsp3) is 0.350. The molecule has 4 heteroatoms. The number of rotatable bonds is 4. The summed E-state index contributed by atoms with van der Waals surface area (Å²) in [5.41, 5.74) is 4.07. The summed E-state index contributed by atoms with van der Waals surface area (Å²) in [4.78, 5) is 14.9. The molecule has 0 aliphatic carbocycles. The van der Waals surface area contributed by atoms with E-state index in [1.807, 2.05) is 32.0 Å². The second-order valence-corrected chi connectivity index (χ2v) is 7.00. The molecule has 1 heterocycles. The van der Waals surface area contributed by atoms with Gasteiger partial charge in [-0.2, -0.15) is 0 Å². The summed E-state index contributed by atoms with van der Waals surface area (Å²) in [6.45, 7) is 6.81. The van der Waals surface area contributed by atoms with Crippen molar-refractivity contribution in [3.63, 3.8) is 0 Å². The van der Waals surface area contributed by atoms with Crippen LogP contribution < -0.4 is 5.32 Å². The molecule has 0 saturated carbocycles. The molecule has 1 amide bonds. The van der Waals surface area contributed by atoms with E-state index >= 15 is 0 Å². The van der Waals surface area contributed by atoms with E-state index in [0.29, 0.717) is 10.6 Å². The summed E-state index contributed by atoms with van der Waals surface area (Å²) in [5, 5.41) is 3.66. The highest BCUT2D eigenvalue weighted by molar-refractivity contribution is 6.34. The summed E-state index contributed by atoms with van der Waals surface area (Å²) in [6.07, 6.45) is 0.973. The molecule has 2 aromatic carbocycles. The van der Waals surface area contributed by atoms with E-state index < -0.39 is 0 Å². The van der Waals surface area contributed by atoms with Crippen molar-refractivity contribution >= 4 is 17.5 Å². The molecule has 3 rings (SSSR count). The van der Waals surface area contributed by atoms with E-state index in [-0.39, 0.29) is 11.9 Å². The Hall–Kier alpha value is -1.84. The molecule has 2 aromatic rings. The van der Waals surface area contributed by atoms with Gasteiger partial charge in [-0.05, 0) is 49.1 Å². The smallest absolute Gasteiger partial charge is 0.253 e. The minimum absolute atomic E-state index is 0.0744. The summed E-state index contributed by atoms with van der Waals surface area (Å²) in [7, 11) is 0. The van der Waals surface area contributed by atoms with Crippen molar-refractivity contribution in [2.75, 3.05) is 13.1 Å². The molecular weight excluding hydrogens is 320 g/mol. The first kappa shape index (κ1) is 17.0. The molecule has 0 spiro atoms. The van der Waals surface area contributed by atoms with Gasteiger partial charge in [0.05, 0.1) is 10.6 Å². The van der Waals surface area contributed by atoms with E-state index in [1.165, 1.54) is 5.56 Å². The Morgan fingerprint density at radius 3 is 2.67 bits per heavy atom. The first-order chi connectivity index (χ1) is 11.5. The van der Waals surface area contributed by atoms with Crippen molar-refractivity contribution in [3.05, 3.63) is 69.7 Å². The number of aryl methyl sites for hydroxylation is 2. The van der Waals surface area contributed by atoms with Crippen LogP contribution in [0.1, 0.15) is 33.5 Å². The van der Waals surface area contributed by atoms with E-state index in [4.69, 9.17) is 11.6 Å². The maximum absolute atomic E-state index is 12.5. The van der Waals surface area contributed by atoms with Crippen molar-refractivity contribution in [1.29, 1.82) is 0 Å². The number of halogens is 1. The van der Waals surface area contributed by atoms with Crippen LogP contribution in [0.3, 0.4) is 0 Å². The fourth-order valence-corrected chi connectivity index (χ4v) is 3.46. The van der Waals surface area contributed by atoms with Gasteiger partial charge in [0.2, 0.25) is 0 Å². The Bertz CT molecular complexity index is 730. The lowest BCUT2D eigenvalue weighted by Crippen LogP contribution is -2.37. The van der Waals surface area contributed by atoms with Crippen LogP contribution in [0.4, 0.5) is 0 Å². The fourth-order valence-electron chi connectivity index (χ4n) is 3.15. The molecule has 0 bridgehead atoms. The van der Waals surface area contributed by atoms with Crippen LogP contribution in [-0.2, 0) is 6.54 Å². The number of likely N-dealkylation sites (tertiary alicyclic amines) is 1. The Morgan fingerprint density at radius 1 is 1.21 bits per heavy atom. The summed E-state index contributed by atoms with van der Waals surface area (Å²) >= 11 is 6.25. The molecule has 1 atom stereocenters. The normalized spacial score (nSPS) is 17.9. The number of hydrogen-bond donors (Lipinski definition) is 1. The van der Waals surface area contributed by atoms with Crippen LogP contribution in [0, 0.1) is 13.8 Å². The van der Waals surface area contributed by atoms with Gasteiger partial charge in [0.25, 0.3) is 5.91 Å². The summed E-state index contributed by atoms with van der Waals surface area (Å²) in [5.74, 6) is -0.0744. The maximum atomic E-state index is 12.5. The molecule has 1 aliphatic heterocycles. The summed E-state index contributed by atoms with van der Waals surface area (Å²) in [6, 6.07) is 14.4. The molecule has 126 valence electrons. The molecule has 1 saturated heterocycles. The van der Waals surface area contributed by atoms with Gasteiger partial charge in [-0.1, -0.05) is 41.9 Å². The SMILES string of the molecule is Cc1cc(Cl)c(C(=O)NC2CCN(Cc3ccccc3)C2)cc1C. The van der Waals surface area contributed by atoms with Crippen LogP contribution in [0.2, 0.25) is 5.02 Å². The molecule has 1 fully saturated rings. The summed E-state index contributed by atoms with van der Waals surface area (Å²) < 4.78 is 0. The monoisotopic (exact) mass is 342 g/mol. The average Bonchev–Trinajstić information content (AvgIpc) is 2.98. The van der Waals surface area contributed by atoms with Crippen LogP contribution in [0.15, 0.2) is 42.5 Å². The van der Waals surface area contributed by atoms with Crippen LogP contribution in [0.5, 0.6) is 0 Å². The standard InChI is InChI=1S/C20H23ClN2O/c1-14-10-18(19(21)11-15(14)2)20(24)22-17-8-9-23(13-17)12-16-6-4-3-5-7-16/h3-7,10-11,17H,8-9,12-13H2,1-2H3,(H,22,24). The van der Waals surface area contributed by atoms with Gasteiger partial charge in [0, 0.05) is 25.7 Å². The zero-order chi connectivity index (χ0) is 17.1. The van der Waals surface area contributed by atoms with Crippen molar-refractivity contribution in [2.24, 2.45) is 0 Å². The quantitative estimate of drug-likeness (QED) is 0.912. The topological polar surface area (TPSA) is 32.3 Å². The van der Waals surface area contributed by atoms with Gasteiger partial charge in [-0.15, -0.1) is 0 Å². The van der Waals surface area contributed by atoms with Gasteiger partial charge in [-0.3, -0.25) is 9.69 Å². The van der Waals surface area contributed by atoms with E-state index in [2.05, 4.69) is 34.5 Å². The highest BCUT2D eigenvalue weighted by atomic mass is 35.5. The number of carbonyl (C=O) groups excluding carboxylic acids is 1. The Balaban J connectivity index is 1.59. The van der Waals surface area contributed by atoms with Crippen molar-refractivity contribution in [3.8, 4) is 0 Å². The van der Waals surface area contributed by atoms with E-state index in [9.17, 15) is 4.79 Å². The lowest BCUT2D eigenvalue weighted by Gasteiger charge is -2.17. The van der Waals surface area contributed by atoms with Gasteiger partial charge < -0.3 is 5.32 Å². The third-order valence-electron chi connectivity index (χ3n) is 4.68. The average molecular weight is 343 g/mol. The molecule has 1 N–H and O–H groups in total. The molecule has 1 aliphatic rings. The van der Waals surface area contributed by atoms with E-state index in [1.54, 1.807) is 0 Å². The third kappa shape index (κ3) is 3.97. The van der Waals surface area contributed by atoms with Crippen LogP contribution >= 0.6 is 11.6 Å². The van der Waals surface area contributed by atoms with E-state index in [0.717, 1.165) is 37.2 Å². The minimum atomic E-state index is -0.0744. The molecular formula is C20H23ClN2O. The number of nitrogens with zero attached hydrogens (tertiary/aromatic N) is 1. The van der Waals surface area contributed by atoms with Crippen molar-refractivity contribution in [2.45, 2.75) is 32.9 Å². The zero-order valence-electron chi connectivity index (χ0n) is 14.2. The molecule has 0 radical (unpaired) electrons. The second kappa shape index (κ2) is 7.37. The van der Waals surface area contributed by atoms with Gasteiger partial charge in [0.15, 0.2) is 0 Å². The number of hydrogen-bond acceptors (Lipinski definition) is 2. The van der Waals surface area contributed by atoms with Gasteiger partial charge in [-0.25, -0.2) is 0 Å². The maximum Gasteiger partial charge on any atom is 0.253 e. The Kier molecular flexibility index (Phi) is 5.22. The lowest BCUT2D eigenvalue weighted by molar-refractivity contribution is 0.0937. The predicted octanol–water partition coefficient (Wildman–Crippen LogP) is 3.96. The molecule has 0 aromatic heterocycles. The highest BCUT2D eigenvalue weighted by Gasteiger charge is 2.25. The first-order valence-electron chi connectivity index (χ1n) is 8.37. The van der Waals surface area contributed by atoms with Gasteiger partial charge >= 0.3 is 0 Å². The third-order valence-corrected chi connectivity index (χ3v) is 5.00. The zero-order valence-corrected chi connectivity index (χ0v) is 14.9. The van der Waals surface area contributed by atoms with Crippen molar-refractivity contribution in [1.82, 2.24) is 10.2 Å². The number of nitrogens with one attached hydrogen (secondary N) is 1. The molecule has 3 nitrogen and oxygen atoms in total. The Labute approximate surface area is 148 Å². The van der Waals surface area contributed by atoms with Crippen LogP contribution in [-0.4, -0.2) is 29.9 Å². The van der Waals surface area contributed by atoms with Crippen LogP contribution in [0.25, 0.3) is 0 Å². The van der Waals surface area contributed by atoms with Gasteiger partial charge in [0.1, 0.15) is 0 Å². The number of amides is 1. The number of carbonyl (C=O) groups is 1. The molecule has 1 unspecified atom stereocenters.